The van der Waals surface area contributed by atoms with Crippen LogP contribution in [-0.2, 0) is 28.3 Å². The van der Waals surface area contributed by atoms with Crippen LogP contribution in [0.3, 0.4) is 0 Å². The van der Waals surface area contributed by atoms with Crippen molar-refractivity contribution in [2.24, 2.45) is 0 Å². The van der Waals surface area contributed by atoms with Gasteiger partial charge in [0.1, 0.15) is 6.61 Å². The minimum absolute atomic E-state index is 0.0827. The Morgan fingerprint density at radius 1 is 1.19 bits per heavy atom. The molecule has 0 spiro atoms. The number of allylic oxidation sites excluding steroid dienone is 1. The van der Waals surface area contributed by atoms with E-state index in [2.05, 4.69) is 0 Å². The highest BCUT2D eigenvalue weighted by atomic mass is 16.6. The van der Waals surface area contributed by atoms with Crippen LogP contribution < -0.4 is 11.3 Å². The highest BCUT2D eigenvalue weighted by Gasteiger charge is 2.45. The molecule has 4 aromatic rings. The molecule has 8 heteroatoms. The number of carbonyl (C=O) groups excluding carboxylic acids is 2. The number of cyclic esters (lactones) is 1. The minimum atomic E-state index is -1.87. The summed E-state index contributed by atoms with van der Waals surface area (Å²) in [5, 5.41) is 11.7. The molecule has 6 rings (SSSR count). The summed E-state index contributed by atoms with van der Waals surface area (Å²) in [6.07, 6.45) is 3.26. The molecule has 2 aliphatic heterocycles. The average molecular weight is 494 g/mol. The third kappa shape index (κ3) is 3.41. The molecule has 37 heavy (non-hydrogen) atoms. The Morgan fingerprint density at radius 2 is 1.97 bits per heavy atom. The lowest BCUT2D eigenvalue weighted by atomic mass is 9.86. The fraction of sp³-hybridized carbons (Fsp3) is 0.172. The Kier molecular flexibility index (Phi) is 5.10. The van der Waals surface area contributed by atoms with E-state index in [9.17, 15) is 19.5 Å². The number of ether oxygens (including phenoxy) is 1. The third-order valence-corrected chi connectivity index (χ3v) is 7.24. The van der Waals surface area contributed by atoms with Gasteiger partial charge < -0.3 is 20.1 Å². The maximum absolute atomic E-state index is 13.3. The summed E-state index contributed by atoms with van der Waals surface area (Å²) in [5.41, 5.74) is 9.18. The molecule has 0 saturated heterocycles. The van der Waals surface area contributed by atoms with Crippen LogP contribution in [0.25, 0.3) is 28.4 Å². The van der Waals surface area contributed by atoms with E-state index in [4.69, 9.17) is 15.5 Å². The Morgan fingerprint density at radius 3 is 2.73 bits per heavy atom. The molecule has 0 fully saturated rings. The van der Waals surface area contributed by atoms with Crippen LogP contribution in [0.4, 0.5) is 5.69 Å². The largest absolute Gasteiger partial charge is 0.458 e. The predicted octanol–water partition coefficient (Wildman–Crippen LogP) is 3.56. The molecule has 2 aromatic carbocycles. The number of anilines is 1. The number of nitrogens with two attached hydrogens (primary N) is 1. The molecular formula is C29H23N3O5. The lowest BCUT2D eigenvalue weighted by Gasteiger charge is -2.31. The quantitative estimate of drug-likeness (QED) is 0.170. The van der Waals surface area contributed by atoms with Gasteiger partial charge in [0.2, 0.25) is 0 Å². The summed E-state index contributed by atoms with van der Waals surface area (Å²) in [6, 6.07) is 16.2. The molecule has 0 amide bonds. The fourth-order valence-corrected chi connectivity index (χ4v) is 5.10. The number of ketones is 1. The molecular weight excluding hydrogens is 470 g/mol. The number of rotatable bonds is 4. The normalized spacial score (nSPS) is 17.9. The molecule has 1 atom stereocenters. The van der Waals surface area contributed by atoms with Gasteiger partial charge in [0.15, 0.2) is 11.4 Å². The van der Waals surface area contributed by atoms with Crippen LogP contribution in [0.15, 0.2) is 65.5 Å². The van der Waals surface area contributed by atoms with Crippen LogP contribution >= 0.6 is 0 Å². The number of carbonyl (C=O) groups is 2. The van der Waals surface area contributed by atoms with Crippen LogP contribution in [-0.4, -0.2) is 26.4 Å². The smallest absolute Gasteiger partial charge is 0.343 e. The van der Waals surface area contributed by atoms with Crippen molar-refractivity contribution in [3.05, 3.63) is 98.8 Å². The molecule has 0 aliphatic carbocycles. The molecule has 4 heterocycles. The first-order chi connectivity index (χ1) is 17.8. The number of nitrogens with zero attached hydrogens (tertiary/aromatic N) is 2. The number of fused-ring (bicyclic) bond motifs is 5. The molecule has 0 unspecified atom stereocenters. The van der Waals surface area contributed by atoms with Crippen molar-refractivity contribution in [2.45, 2.75) is 32.1 Å². The molecule has 0 bridgehead atoms. The first-order valence-electron chi connectivity index (χ1n) is 12.0. The van der Waals surface area contributed by atoms with Gasteiger partial charge in [-0.2, -0.15) is 0 Å². The van der Waals surface area contributed by atoms with Gasteiger partial charge in [0, 0.05) is 27.8 Å². The molecule has 0 saturated carbocycles. The lowest BCUT2D eigenvalue weighted by molar-refractivity contribution is -0.172. The Labute approximate surface area is 211 Å². The summed E-state index contributed by atoms with van der Waals surface area (Å²) < 4.78 is 6.71. The zero-order valence-corrected chi connectivity index (χ0v) is 20.0. The van der Waals surface area contributed by atoms with Crippen molar-refractivity contribution in [2.75, 3.05) is 5.73 Å². The number of pyridine rings is 2. The maximum atomic E-state index is 13.3. The number of esters is 1. The number of hydrogen-bond donors (Lipinski definition) is 2. The van der Waals surface area contributed by atoms with Gasteiger partial charge in [-0.3, -0.25) is 9.59 Å². The molecule has 3 N–H and O–H groups in total. The molecule has 0 radical (unpaired) electrons. The Balaban J connectivity index is 1.43. The second kappa shape index (κ2) is 8.25. The predicted molar refractivity (Wildman–Crippen MR) is 139 cm³/mol. The third-order valence-electron chi connectivity index (χ3n) is 7.24. The molecule has 184 valence electrons. The maximum Gasteiger partial charge on any atom is 0.343 e. The number of aromatic nitrogens is 2. The topological polar surface area (TPSA) is 125 Å². The number of benzene rings is 2. The first kappa shape index (κ1) is 22.9. The van der Waals surface area contributed by atoms with E-state index in [-0.39, 0.29) is 42.0 Å². The van der Waals surface area contributed by atoms with Crippen molar-refractivity contribution >= 4 is 34.4 Å². The molecule has 2 aliphatic rings. The van der Waals surface area contributed by atoms with E-state index in [0.717, 1.165) is 5.56 Å². The van der Waals surface area contributed by atoms with Gasteiger partial charge in [-0.15, -0.1) is 0 Å². The highest BCUT2D eigenvalue weighted by Crippen LogP contribution is 2.39. The van der Waals surface area contributed by atoms with Crippen molar-refractivity contribution in [1.29, 1.82) is 0 Å². The summed E-state index contributed by atoms with van der Waals surface area (Å²) in [5.74, 6) is -0.879. The lowest BCUT2D eigenvalue weighted by Crippen LogP contribution is -2.44. The van der Waals surface area contributed by atoms with Gasteiger partial charge in [0.05, 0.1) is 29.0 Å². The summed E-state index contributed by atoms with van der Waals surface area (Å²) in [6.45, 7) is 1.78. The van der Waals surface area contributed by atoms with Gasteiger partial charge in [0.25, 0.3) is 5.56 Å². The summed E-state index contributed by atoms with van der Waals surface area (Å²) in [7, 11) is 0. The van der Waals surface area contributed by atoms with Crippen LogP contribution in [0.5, 0.6) is 0 Å². The van der Waals surface area contributed by atoms with E-state index >= 15 is 0 Å². The van der Waals surface area contributed by atoms with Crippen molar-refractivity contribution in [3.8, 4) is 11.4 Å². The van der Waals surface area contributed by atoms with E-state index in [1.54, 1.807) is 41.8 Å². The zero-order valence-electron chi connectivity index (χ0n) is 20.0. The SMILES string of the molecule is CC[C@@]1(O)C(=O)OCc2c1cc1n(c2=O)Cc2cc3c(N)c(C=CC(=O)c4ccccc4)ccc3nc2-1. The summed E-state index contributed by atoms with van der Waals surface area (Å²) in [4.78, 5) is 43.0. The van der Waals surface area contributed by atoms with Crippen LogP contribution in [0.1, 0.15) is 46.0 Å². The number of aliphatic hydroxyl groups is 1. The molecule has 8 nitrogen and oxygen atoms in total. The van der Waals surface area contributed by atoms with Gasteiger partial charge >= 0.3 is 5.97 Å². The van der Waals surface area contributed by atoms with E-state index in [1.165, 1.54) is 6.08 Å². The second-order valence-corrected chi connectivity index (χ2v) is 9.30. The monoisotopic (exact) mass is 493 g/mol. The van der Waals surface area contributed by atoms with E-state index in [1.807, 2.05) is 30.3 Å². The Hall–Kier alpha value is -4.56. The van der Waals surface area contributed by atoms with E-state index < -0.39 is 11.6 Å². The van der Waals surface area contributed by atoms with Gasteiger partial charge in [-0.25, -0.2) is 9.78 Å². The fourth-order valence-electron chi connectivity index (χ4n) is 5.10. The number of hydrogen-bond acceptors (Lipinski definition) is 7. The van der Waals surface area contributed by atoms with Gasteiger partial charge in [-0.05, 0) is 42.3 Å². The highest BCUT2D eigenvalue weighted by molar-refractivity contribution is 6.08. The van der Waals surface area contributed by atoms with Crippen LogP contribution in [0.2, 0.25) is 0 Å². The zero-order chi connectivity index (χ0) is 25.9. The molecule has 2 aromatic heterocycles. The second-order valence-electron chi connectivity index (χ2n) is 9.30. The Bertz CT molecular complexity index is 1720. The first-order valence-corrected chi connectivity index (χ1v) is 12.0. The van der Waals surface area contributed by atoms with Crippen LogP contribution in [0, 0.1) is 0 Å². The van der Waals surface area contributed by atoms with Gasteiger partial charge in [-0.1, -0.05) is 43.3 Å². The minimum Gasteiger partial charge on any atom is -0.458 e. The van der Waals surface area contributed by atoms with Crippen molar-refractivity contribution < 1.29 is 19.4 Å². The standard InChI is InChI=1S/C29H23N3O5/c1-2-29(36)21-13-23-26-18(14-32(23)27(34)20(21)15-37-28(29)35)12-19-22(31-26)10-8-17(25(19)30)9-11-24(33)16-6-4-3-5-7-16/h3-13,36H,2,14-15,30H2,1H3/t29-/m0/s1. The van der Waals surface area contributed by atoms with Crippen molar-refractivity contribution in [1.82, 2.24) is 9.55 Å². The van der Waals surface area contributed by atoms with E-state index in [0.29, 0.717) is 39.1 Å². The average Bonchev–Trinajstić information content (AvgIpc) is 3.28. The van der Waals surface area contributed by atoms with Crippen molar-refractivity contribution in [3.63, 3.8) is 0 Å². The number of nitrogen functional groups attached to an aromatic ring is 1. The summed E-state index contributed by atoms with van der Waals surface area (Å²) >= 11 is 0.